The summed E-state index contributed by atoms with van der Waals surface area (Å²) in [5.41, 5.74) is 8.80. The van der Waals surface area contributed by atoms with Crippen LogP contribution in [0.4, 0.5) is 0 Å². The molecule has 0 radical (unpaired) electrons. The first-order chi connectivity index (χ1) is 8.19. The van der Waals surface area contributed by atoms with Crippen molar-refractivity contribution in [3.05, 3.63) is 29.3 Å². The van der Waals surface area contributed by atoms with Crippen LogP contribution in [-0.2, 0) is 0 Å². The second-order valence-electron chi connectivity index (χ2n) is 5.70. The molecule has 3 rings (SSSR count). The maximum atomic E-state index is 6.33. The predicted octanol–water partition coefficient (Wildman–Crippen LogP) is 3.48. The Morgan fingerprint density at radius 1 is 1.24 bits per heavy atom. The summed E-state index contributed by atoms with van der Waals surface area (Å²) in [7, 11) is 0. The minimum atomic E-state index is 0.0401. The number of nitrogens with two attached hydrogens (primary N) is 1. The largest absolute Gasteiger partial charge is 0.487 e. The van der Waals surface area contributed by atoms with E-state index in [1.54, 1.807) is 0 Å². The van der Waals surface area contributed by atoms with Crippen LogP contribution in [0.25, 0.3) is 0 Å². The monoisotopic (exact) mass is 231 g/mol. The summed E-state index contributed by atoms with van der Waals surface area (Å²) in [6, 6.07) is 6.55. The lowest BCUT2D eigenvalue weighted by Crippen LogP contribution is -2.44. The molecule has 1 spiro atoms. The van der Waals surface area contributed by atoms with Crippen molar-refractivity contribution >= 4 is 0 Å². The fourth-order valence-corrected chi connectivity index (χ4v) is 3.32. The highest BCUT2D eigenvalue weighted by atomic mass is 16.5. The molecule has 1 aromatic carbocycles. The zero-order valence-electron chi connectivity index (χ0n) is 10.5. The van der Waals surface area contributed by atoms with Crippen LogP contribution in [0.3, 0.4) is 0 Å². The molecule has 1 unspecified atom stereocenters. The third kappa shape index (κ3) is 1.95. The van der Waals surface area contributed by atoms with E-state index in [2.05, 4.69) is 25.1 Å². The third-order valence-corrected chi connectivity index (χ3v) is 4.25. The van der Waals surface area contributed by atoms with Crippen molar-refractivity contribution in [2.75, 3.05) is 0 Å². The average Bonchev–Trinajstić information content (AvgIpc) is 2.29. The first-order valence-electron chi connectivity index (χ1n) is 6.74. The minimum absolute atomic E-state index is 0.0401. The summed E-state index contributed by atoms with van der Waals surface area (Å²) in [6.07, 6.45) is 7.26. The van der Waals surface area contributed by atoms with Gasteiger partial charge in [-0.1, -0.05) is 18.6 Å². The zero-order chi connectivity index (χ0) is 11.9. The lowest BCUT2D eigenvalue weighted by Gasteiger charge is -2.43. The van der Waals surface area contributed by atoms with Gasteiger partial charge in [0.2, 0.25) is 0 Å². The van der Waals surface area contributed by atoms with Crippen molar-refractivity contribution in [1.82, 2.24) is 0 Å². The number of ether oxygens (including phenoxy) is 1. The van der Waals surface area contributed by atoms with Gasteiger partial charge >= 0.3 is 0 Å². The molecule has 1 aromatic rings. The van der Waals surface area contributed by atoms with E-state index in [9.17, 15) is 0 Å². The Morgan fingerprint density at radius 3 is 2.76 bits per heavy atom. The van der Waals surface area contributed by atoms with E-state index in [4.69, 9.17) is 10.5 Å². The molecule has 17 heavy (non-hydrogen) atoms. The molecule has 2 nitrogen and oxygen atoms in total. The van der Waals surface area contributed by atoms with Gasteiger partial charge in [-0.25, -0.2) is 0 Å². The molecule has 92 valence electrons. The van der Waals surface area contributed by atoms with Crippen molar-refractivity contribution in [3.8, 4) is 5.75 Å². The van der Waals surface area contributed by atoms with Crippen molar-refractivity contribution < 1.29 is 4.74 Å². The van der Waals surface area contributed by atoms with Gasteiger partial charge in [0.25, 0.3) is 0 Å². The molecule has 1 atom stereocenters. The smallest absolute Gasteiger partial charge is 0.125 e. The van der Waals surface area contributed by atoms with Crippen molar-refractivity contribution in [2.24, 2.45) is 5.73 Å². The second-order valence-corrected chi connectivity index (χ2v) is 5.70. The van der Waals surface area contributed by atoms with Crippen LogP contribution in [0.2, 0.25) is 0 Å². The van der Waals surface area contributed by atoms with Gasteiger partial charge in [-0.05, 0) is 44.2 Å². The van der Waals surface area contributed by atoms with Gasteiger partial charge < -0.3 is 10.5 Å². The lowest BCUT2D eigenvalue weighted by molar-refractivity contribution is 0.00190. The van der Waals surface area contributed by atoms with Crippen LogP contribution in [0.5, 0.6) is 5.75 Å². The number of fused-ring (bicyclic) bond motifs is 1. The SMILES string of the molecule is Cc1ccc2c(c1)OC1(CCCCC1)CC2N. The van der Waals surface area contributed by atoms with E-state index >= 15 is 0 Å². The van der Waals surface area contributed by atoms with Crippen molar-refractivity contribution in [3.63, 3.8) is 0 Å². The van der Waals surface area contributed by atoms with Crippen LogP contribution in [0.1, 0.15) is 55.7 Å². The summed E-state index contributed by atoms with van der Waals surface area (Å²) in [5.74, 6) is 1.03. The van der Waals surface area contributed by atoms with Gasteiger partial charge in [0.1, 0.15) is 11.4 Å². The molecule has 0 amide bonds. The van der Waals surface area contributed by atoms with E-state index in [0.29, 0.717) is 0 Å². The molecule has 1 aliphatic carbocycles. The predicted molar refractivity (Wildman–Crippen MR) is 69.2 cm³/mol. The van der Waals surface area contributed by atoms with Crippen molar-refractivity contribution in [1.29, 1.82) is 0 Å². The summed E-state index contributed by atoms with van der Waals surface area (Å²) >= 11 is 0. The molecule has 0 aromatic heterocycles. The number of hydrogen-bond donors (Lipinski definition) is 1. The Balaban J connectivity index is 1.95. The highest BCUT2D eigenvalue weighted by Gasteiger charge is 2.40. The topological polar surface area (TPSA) is 35.2 Å². The molecule has 2 heteroatoms. The Morgan fingerprint density at radius 2 is 2.00 bits per heavy atom. The van der Waals surface area contributed by atoms with Crippen LogP contribution < -0.4 is 10.5 Å². The number of rotatable bonds is 0. The van der Waals surface area contributed by atoms with E-state index in [-0.39, 0.29) is 11.6 Å². The highest BCUT2D eigenvalue weighted by molar-refractivity contribution is 5.41. The third-order valence-electron chi connectivity index (χ3n) is 4.25. The summed E-state index contributed by atoms with van der Waals surface area (Å²) in [5, 5.41) is 0. The molecule has 1 saturated carbocycles. The average molecular weight is 231 g/mol. The van der Waals surface area contributed by atoms with Gasteiger partial charge in [0.15, 0.2) is 0 Å². The minimum Gasteiger partial charge on any atom is -0.487 e. The maximum Gasteiger partial charge on any atom is 0.125 e. The number of aryl methyl sites for hydroxylation is 1. The lowest BCUT2D eigenvalue weighted by atomic mass is 9.77. The molecule has 2 aliphatic rings. The van der Waals surface area contributed by atoms with Crippen LogP contribution in [-0.4, -0.2) is 5.60 Å². The van der Waals surface area contributed by atoms with Crippen LogP contribution in [0.15, 0.2) is 18.2 Å². The summed E-state index contributed by atoms with van der Waals surface area (Å²) < 4.78 is 6.33. The Labute approximate surface area is 103 Å². The number of benzene rings is 1. The quantitative estimate of drug-likeness (QED) is 0.742. The summed E-state index contributed by atoms with van der Waals surface area (Å²) in [6.45, 7) is 2.11. The normalized spacial score (nSPS) is 26.4. The van der Waals surface area contributed by atoms with E-state index in [1.807, 2.05) is 0 Å². The zero-order valence-corrected chi connectivity index (χ0v) is 10.5. The Kier molecular flexibility index (Phi) is 2.62. The standard InChI is InChI=1S/C15H21NO/c1-11-5-6-12-13(16)10-15(17-14(12)9-11)7-3-2-4-8-15/h5-6,9,13H,2-4,7-8,10,16H2,1H3. The van der Waals surface area contributed by atoms with Gasteiger partial charge in [-0.2, -0.15) is 0 Å². The first-order valence-corrected chi connectivity index (χ1v) is 6.74. The molecule has 1 heterocycles. The Bertz CT molecular complexity index is 421. The maximum absolute atomic E-state index is 6.33. The van der Waals surface area contributed by atoms with Crippen LogP contribution in [0, 0.1) is 6.92 Å². The van der Waals surface area contributed by atoms with Gasteiger partial charge in [-0.15, -0.1) is 0 Å². The second kappa shape index (κ2) is 4.02. The highest BCUT2D eigenvalue weighted by Crippen LogP contribution is 2.45. The summed E-state index contributed by atoms with van der Waals surface area (Å²) in [4.78, 5) is 0. The molecule has 2 N–H and O–H groups in total. The van der Waals surface area contributed by atoms with E-state index in [1.165, 1.54) is 43.2 Å². The molecule has 1 aliphatic heterocycles. The van der Waals surface area contributed by atoms with Gasteiger partial charge in [0.05, 0.1) is 0 Å². The number of hydrogen-bond acceptors (Lipinski definition) is 2. The fourth-order valence-electron chi connectivity index (χ4n) is 3.32. The Hall–Kier alpha value is -1.02. The molecule has 1 fully saturated rings. The van der Waals surface area contributed by atoms with Crippen molar-refractivity contribution in [2.45, 2.75) is 57.1 Å². The molecule has 0 saturated heterocycles. The fraction of sp³-hybridized carbons (Fsp3) is 0.600. The van der Waals surface area contributed by atoms with Gasteiger partial charge in [0, 0.05) is 18.0 Å². The molecular formula is C15H21NO. The van der Waals surface area contributed by atoms with Gasteiger partial charge in [-0.3, -0.25) is 0 Å². The van der Waals surface area contributed by atoms with E-state index in [0.717, 1.165) is 12.2 Å². The van der Waals surface area contributed by atoms with Crippen LogP contribution >= 0.6 is 0 Å². The molecule has 0 bridgehead atoms. The van der Waals surface area contributed by atoms with E-state index < -0.39 is 0 Å². The first kappa shape index (κ1) is 11.1. The molecular weight excluding hydrogens is 210 g/mol.